The molecular weight excluding hydrogens is 294 g/mol. The van der Waals surface area contributed by atoms with E-state index in [0.29, 0.717) is 18.2 Å². The van der Waals surface area contributed by atoms with Crippen LogP contribution in [0.4, 0.5) is 4.79 Å². The first-order valence-electron chi connectivity index (χ1n) is 8.09. The van der Waals surface area contributed by atoms with Crippen molar-refractivity contribution >= 4 is 12.0 Å². The molecule has 2 rings (SSSR count). The maximum Gasteiger partial charge on any atom is 0.407 e. The minimum Gasteiger partial charge on any atom is -0.444 e. The van der Waals surface area contributed by atoms with E-state index in [1.165, 1.54) is 0 Å². The Hall–Kier alpha value is -1.98. The van der Waals surface area contributed by atoms with Crippen molar-refractivity contribution in [3.8, 4) is 0 Å². The molecule has 0 radical (unpaired) electrons. The Bertz CT molecular complexity index is 582. The molecule has 2 amide bonds. The highest BCUT2D eigenvalue weighted by Gasteiger charge is 2.33. The van der Waals surface area contributed by atoms with Gasteiger partial charge in [-0.3, -0.25) is 4.79 Å². The van der Waals surface area contributed by atoms with Gasteiger partial charge in [0.2, 0.25) is 0 Å². The summed E-state index contributed by atoms with van der Waals surface area (Å²) in [6.45, 7) is 9.68. The summed E-state index contributed by atoms with van der Waals surface area (Å²) >= 11 is 0. The number of alkyl carbamates (subject to hydrolysis) is 1. The summed E-state index contributed by atoms with van der Waals surface area (Å²) < 4.78 is 5.23. The summed E-state index contributed by atoms with van der Waals surface area (Å²) in [5.74, 6) is 0.295. The molecule has 1 aromatic heterocycles. The van der Waals surface area contributed by atoms with Crippen molar-refractivity contribution in [3.63, 3.8) is 0 Å². The molecule has 1 saturated carbocycles. The molecule has 0 spiro atoms. The molecular formula is C17H27N3O3. The van der Waals surface area contributed by atoms with Gasteiger partial charge in [-0.05, 0) is 65.0 Å². The second-order valence-corrected chi connectivity index (χ2v) is 7.31. The Kier molecular flexibility index (Phi) is 5.02. The number of H-pyrrole nitrogens is 1. The average molecular weight is 321 g/mol. The summed E-state index contributed by atoms with van der Waals surface area (Å²) in [5, 5.41) is 5.78. The van der Waals surface area contributed by atoms with Crippen LogP contribution in [0.3, 0.4) is 0 Å². The maximum atomic E-state index is 12.4. The van der Waals surface area contributed by atoms with E-state index in [1.807, 2.05) is 40.7 Å². The smallest absolute Gasteiger partial charge is 0.407 e. The number of carbonyl (C=O) groups is 2. The molecule has 1 aliphatic rings. The lowest BCUT2D eigenvalue weighted by molar-refractivity contribution is 0.0518. The van der Waals surface area contributed by atoms with Gasteiger partial charge in [-0.2, -0.15) is 0 Å². The third-order valence-electron chi connectivity index (χ3n) is 3.75. The predicted molar refractivity (Wildman–Crippen MR) is 88.5 cm³/mol. The monoisotopic (exact) mass is 321 g/mol. The zero-order valence-electron chi connectivity index (χ0n) is 14.6. The van der Waals surface area contributed by atoms with Crippen LogP contribution in [0.2, 0.25) is 0 Å². The molecule has 0 saturated heterocycles. The molecule has 0 aromatic carbocycles. The molecule has 128 valence electrons. The van der Waals surface area contributed by atoms with Gasteiger partial charge in [0.25, 0.3) is 5.91 Å². The summed E-state index contributed by atoms with van der Waals surface area (Å²) in [4.78, 5) is 27.3. The lowest BCUT2D eigenvalue weighted by Crippen LogP contribution is -2.46. The summed E-state index contributed by atoms with van der Waals surface area (Å²) in [5.41, 5.74) is 1.95. The number of carbonyl (C=O) groups excluding carboxylic acids is 2. The third-order valence-corrected chi connectivity index (χ3v) is 3.75. The van der Waals surface area contributed by atoms with Crippen molar-refractivity contribution in [2.45, 2.75) is 59.1 Å². The van der Waals surface area contributed by atoms with Crippen molar-refractivity contribution in [2.75, 3.05) is 6.54 Å². The van der Waals surface area contributed by atoms with E-state index in [1.54, 1.807) is 0 Å². The number of aromatic amines is 1. The fraction of sp³-hybridized carbons (Fsp3) is 0.647. The van der Waals surface area contributed by atoms with Gasteiger partial charge in [0, 0.05) is 18.3 Å². The predicted octanol–water partition coefficient (Wildman–Crippen LogP) is 2.66. The third kappa shape index (κ3) is 5.30. The van der Waals surface area contributed by atoms with Crippen LogP contribution in [0.15, 0.2) is 6.07 Å². The van der Waals surface area contributed by atoms with Crippen molar-refractivity contribution in [2.24, 2.45) is 5.92 Å². The minimum absolute atomic E-state index is 0.0713. The topological polar surface area (TPSA) is 83.2 Å². The van der Waals surface area contributed by atoms with E-state index in [0.717, 1.165) is 24.1 Å². The Morgan fingerprint density at radius 3 is 2.48 bits per heavy atom. The van der Waals surface area contributed by atoms with Gasteiger partial charge in [0.1, 0.15) is 11.3 Å². The average Bonchev–Trinajstić information content (AvgIpc) is 3.17. The largest absolute Gasteiger partial charge is 0.444 e. The molecule has 1 fully saturated rings. The van der Waals surface area contributed by atoms with Gasteiger partial charge in [0.15, 0.2) is 0 Å². The highest BCUT2D eigenvalue weighted by Crippen LogP contribution is 2.32. The second-order valence-electron chi connectivity index (χ2n) is 7.31. The number of ether oxygens (including phenoxy) is 1. The number of amides is 2. The van der Waals surface area contributed by atoms with E-state index in [2.05, 4.69) is 15.6 Å². The van der Waals surface area contributed by atoms with Crippen LogP contribution in [-0.2, 0) is 4.74 Å². The molecule has 6 heteroatoms. The van der Waals surface area contributed by atoms with Crippen LogP contribution < -0.4 is 10.6 Å². The first-order chi connectivity index (χ1) is 10.7. The molecule has 1 aromatic rings. The molecule has 1 heterocycles. The van der Waals surface area contributed by atoms with Gasteiger partial charge in [-0.15, -0.1) is 0 Å². The quantitative estimate of drug-likeness (QED) is 0.779. The maximum absolute atomic E-state index is 12.4. The molecule has 0 aliphatic heterocycles. The van der Waals surface area contributed by atoms with Crippen LogP contribution in [-0.4, -0.2) is 35.2 Å². The van der Waals surface area contributed by atoms with Gasteiger partial charge in [-0.25, -0.2) is 4.79 Å². The summed E-state index contributed by atoms with van der Waals surface area (Å²) in [6.07, 6.45) is 1.69. The van der Waals surface area contributed by atoms with Crippen molar-refractivity contribution < 1.29 is 14.3 Å². The number of hydrogen-bond acceptors (Lipinski definition) is 3. The Morgan fingerprint density at radius 2 is 2.00 bits per heavy atom. The second kappa shape index (κ2) is 6.64. The van der Waals surface area contributed by atoms with Crippen LogP contribution in [0.1, 0.15) is 55.4 Å². The van der Waals surface area contributed by atoms with Gasteiger partial charge < -0.3 is 20.4 Å². The van der Waals surface area contributed by atoms with E-state index in [9.17, 15) is 9.59 Å². The summed E-state index contributed by atoms with van der Waals surface area (Å²) in [7, 11) is 0. The molecule has 0 unspecified atom stereocenters. The first kappa shape index (κ1) is 17.4. The lowest BCUT2D eigenvalue weighted by Gasteiger charge is -2.22. The Balaban J connectivity index is 1.91. The van der Waals surface area contributed by atoms with E-state index >= 15 is 0 Å². The van der Waals surface area contributed by atoms with Crippen LogP contribution in [0.25, 0.3) is 0 Å². The SMILES string of the molecule is Cc1cc(C)c(C(=O)N[C@H](CNC(=O)OC(C)(C)C)C2CC2)[nH]1. The van der Waals surface area contributed by atoms with Gasteiger partial charge in [0.05, 0.1) is 0 Å². The molecule has 6 nitrogen and oxygen atoms in total. The normalized spacial score (nSPS) is 15.9. The fourth-order valence-corrected chi connectivity index (χ4v) is 2.55. The molecule has 1 aliphatic carbocycles. The molecule has 0 bridgehead atoms. The molecule has 23 heavy (non-hydrogen) atoms. The number of aryl methyl sites for hydroxylation is 2. The number of hydrogen-bond donors (Lipinski definition) is 3. The lowest BCUT2D eigenvalue weighted by atomic mass is 10.1. The zero-order valence-corrected chi connectivity index (χ0v) is 14.6. The Labute approximate surface area is 137 Å². The Morgan fingerprint density at radius 1 is 1.35 bits per heavy atom. The van der Waals surface area contributed by atoms with Crippen molar-refractivity contribution in [1.82, 2.24) is 15.6 Å². The van der Waals surface area contributed by atoms with Gasteiger partial charge >= 0.3 is 6.09 Å². The standard InChI is InChI=1S/C17H27N3O3/c1-10-8-11(2)19-14(10)15(21)20-13(12-6-7-12)9-18-16(22)23-17(3,4)5/h8,12-13,19H,6-7,9H2,1-5H3,(H,18,22)(H,20,21)/t13-/m1/s1. The molecule has 1 atom stereocenters. The number of aromatic nitrogens is 1. The summed E-state index contributed by atoms with van der Waals surface area (Å²) in [6, 6.07) is 1.87. The molecule has 3 N–H and O–H groups in total. The van der Waals surface area contributed by atoms with E-state index in [-0.39, 0.29) is 11.9 Å². The zero-order chi connectivity index (χ0) is 17.2. The minimum atomic E-state index is -0.526. The number of rotatable bonds is 5. The van der Waals surface area contributed by atoms with Crippen molar-refractivity contribution in [3.05, 3.63) is 23.0 Å². The fourth-order valence-electron chi connectivity index (χ4n) is 2.55. The first-order valence-corrected chi connectivity index (χ1v) is 8.09. The van der Waals surface area contributed by atoms with Crippen LogP contribution in [0, 0.1) is 19.8 Å². The van der Waals surface area contributed by atoms with Crippen molar-refractivity contribution in [1.29, 1.82) is 0 Å². The van der Waals surface area contributed by atoms with Gasteiger partial charge in [-0.1, -0.05) is 0 Å². The highest BCUT2D eigenvalue weighted by molar-refractivity contribution is 5.94. The van der Waals surface area contributed by atoms with E-state index < -0.39 is 11.7 Å². The van der Waals surface area contributed by atoms with Crippen LogP contribution in [0.5, 0.6) is 0 Å². The van der Waals surface area contributed by atoms with E-state index in [4.69, 9.17) is 4.74 Å². The van der Waals surface area contributed by atoms with Crippen LogP contribution >= 0.6 is 0 Å². The highest BCUT2D eigenvalue weighted by atomic mass is 16.6. The number of nitrogens with one attached hydrogen (secondary N) is 3.